The molecular formula is C38H48O4. The maximum absolute atomic E-state index is 12.6. The highest BCUT2D eigenvalue weighted by Crippen LogP contribution is 2.16. The van der Waals surface area contributed by atoms with E-state index in [1.54, 1.807) is 6.08 Å². The summed E-state index contributed by atoms with van der Waals surface area (Å²) in [5.41, 5.74) is 3.10. The Balaban J connectivity index is 1.64. The van der Waals surface area contributed by atoms with Crippen LogP contribution in [0, 0.1) is 0 Å². The van der Waals surface area contributed by atoms with Crippen LogP contribution in [0.5, 0.6) is 0 Å². The fourth-order valence-electron chi connectivity index (χ4n) is 4.63. The van der Waals surface area contributed by atoms with Crippen molar-refractivity contribution in [1.82, 2.24) is 0 Å². The lowest BCUT2D eigenvalue weighted by Gasteiger charge is -2.23. The first-order valence-electron chi connectivity index (χ1n) is 15.6. The van der Waals surface area contributed by atoms with Crippen molar-refractivity contribution in [2.24, 2.45) is 0 Å². The van der Waals surface area contributed by atoms with Crippen molar-refractivity contribution in [2.75, 3.05) is 0 Å². The van der Waals surface area contributed by atoms with Crippen molar-refractivity contribution in [3.05, 3.63) is 132 Å². The second-order valence-corrected chi connectivity index (χ2v) is 10.7. The maximum Gasteiger partial charge on any atom is 0.330 e. The molecule has 0 radical (unpaired) electrons. The molecule has 0 saturated heterocycles. The van der Waals surface area contributed by atoms with E-state index in [-0.39, 0.29) is 12.7 Å². The van der Waals surface area contributed by atoms with Crippen molar-refractivity contribution < 1.29 is 19.0 Å². The molecular weight excluding hydrogens is 520 g/mol. The summed E-state index contributed by atoms with van der Waals surface area (Å²) in [6, 6.07) is 29.9. The highest BCUT2D eigenvalue weighted by Gasteiger charge is 2.19. The smallest absolute Gasteiger partial charge is 0.330 e. The van der Waals surface area contributed by atoms with Crippen molar-refractivity contribution in [3.8, 4) is 0 Å². The summed E-state index contributed by atoms with van der Waals surface area (Å²) in [6.07, 6.45) is 18.1. The van der Waals surface area contributed by atoms with E-state index < -0.39 is 12.1 Å². The Morgan fingerprint density at radius 2 is 1.05 bits per heavy atom. The van der Waals surface area contributed by atoms with Gasteiger partial charge in [-0.3, -0.25) is 0 Å². The Bertz CT molecular complexity index is 1140. The van der Waals surface area contributed by atoms with Crippen LogP contribution in [0.2, 0.25) is 0 Å². The van der Waals surface area contributed by atoms with Crippen molar-refractivity contribution >= 4 is 5.97 Å². The minimum atomic E-state index is -0.465. The number of allylic oxidation sites excluding steroid dienone is 1. The molecule has 0 bridgehead atoms. The van der Waals surface area contributed by atoms with E-state index >= 15 is 0 Å². The van der Waals surface area contributed by atoms with Gasteiger partial charge in [-0.05, 0) is 35.6 Å². The van der Waals surface area contributed by atoms with Crippen LogP contribution in [0.25, 0.3) is 0 Å². The van der Waals surface area contributed by atoms with Crippen LogP contribution < -0.4 is 0 Å². The second kappa shape index (κ2) is 21.3. The van der Waals surface area contributed by atoms with Gasteiger partial charge in [0, 0.05) is 6.08 Å². The summed E-state index contributed by atoms with van der Waals surface area (Å²) < 4.78 is 18.2. The molecule has 0 unspecified atom stereocenters. The molecule has 0 aliphatic heterocycles. The maximum atomic E-state index is 12.6. The molecule has 4 heteroatoms. The van der Waals surface area contributed by atoms with Crippen LogP contribution in [0.1, 0.15) is 81.4 Å². The predicted octanol–water partition coefficient (Wildman–Crippen LogP) is 9.54. The first-order chi connectivity index (χ1) is 20.7. The van der Waals surface area contributed by atoms with Crippen molar-refractivity contribution in [3.63, 3.8) is 0 Å². The molecule has 0 aromatic heterocycles. The normalized spacial score (nSPS) is 13.0. The van der Waals surface area contributed by atoms with E-state index in [2.05, 4.69) is 31.2 Å². The SMILES string of the molecule is CCCCCCCCCC/C=C/[C@@H](OCc1ccccc1)[C@@H](/C=C/C(=O)OCc1ccccc1)OCc1ccccc1. The molecule has 3 rings (SSSR count). The van der Waals surface area contributed by atoms with Crippen molar-refractivity contribution in [1.29, 1.82) is 0 Å². The monoisotopic (exact) mass is 568 g/mol. The average molecular weight is 569 g/mol. The zero-order valence-corrected chi connectivity index (χ0v) is 25.2. The summed E-state index contributed by atoms with van der Waals surface area (Å²) in [4.78, 5) is 12.6. The molecule has 0 aliphatic rings. The Morgan fingerprint density at radius 3 is 1.57 bits per heavy atom. The Hall–Kier alpha value is -3.47. The quantitative estimate of drug-likeness (QED) is 0.0555. The lowest BCUT2D eigenvalue weighted by molar-refractivity contribution is -0.139. The third-order valence-corrected chi connectivity index (χ3v) is 7.09. The Labute approximate surface area is 253 Å². The Morgan fingerprint density at radius 1 is 0.595 bits per heavy atom. The number of carbonyl (C=O) groups is 1. The molecule has 2 atom stereocenters. The molecule has 3 aromatic carbocycles. The fourth-order valence-corrected chi connectivity index (χ4v) is 4.63. The molecule has 0 N–H and O–H groups in total. The number of carbonyl (C=O) groups excluding carboxylic acids is 1. The number of unbranched alkanes of at least 4 members (excludes halogenated alkanes) is 8. The molecule has 0 aliphatic carbocycles. The average Bonchev–Trinajstić information content (AvgIpc) is 3.04. The van der Waals surface area contributed by atoms with Gasteiger partial charge in [0.25, 0.3) is 0 Å². The van der Waals surface area contributed by atoms with Crippen LogP contribution in [0.3, 0.4) is 0 Å². The van der Waals surface area contributed by atoms with Crippen LogP contribution in [-0.4, -0.2) is 18.2 Å². The van der Waals surface area contributed by atoms with E-state index in [1.165, 1.54) is 51.0 Å². The summed E-state index contributed by atoms with van der Waals surface area (Å²) >= 11 is 0. The molecule has 0 amide bonds. The number of hydrogen-bond donors (Lipinski definition) is 0. The molecule has 3 aromatic rings. The van der Waals surface area contributed by atoms with E-state index in [0.29, 0.717) is 13.2 Å². The van der Waals surface area contributed by atoms with E-state index in [9.17, 15) is 4.79 Å². The van der Waals surface area contributed by atoms with Gasteiger partial charge >= 0.3 is 5.97 Å². The molecule has 0 spiro atoms. The third kappa shape index (κ3) is 14.4. The molecule has 0 fully saturated rings. The minimum absolute atomic E-state index is 0.228. The number of esters is 1. The Kier molecular flexibility index (Phi) is 16.7. The molecule has 0 saturated carbocycles. The van der Waals surface area contributed by atoms with E-state index in [1.807, 2.05) is 78.9 Å². The summed E-state index contributed by atoms with van der Waals surface area (Å²) in [6.45, 7) is 3.34. The highest BCUT2D eigenvalue weighted by molar-refractivity contribution is 5.82. The van der Waals surface area contributed by atoms with Gasteiger partial charge in [-0.25, -0.2) is 4.79 Å². The lowest BCUT2D eigenvalue weighted by atomic mass is 10.1. The predicted molar refractivity (Wildman–Crippen MR) is 172 cm³/mol. The number of rotatable bonds is 21. The third-order valence-electron chi connectivity index (χ3n) is 7.09. The van der Waals surface area contributed by atoms with Crippen LogP contribution in [-0.2, 0) is 38.8 Å². The topological polar surface area (TPSA) is 44.8 Å². The molecule has 0 heterocycles. The van der Waals surface area contributed by atoms with E-state index in [4.69, 9.17) is 14.2 Å². The van der Waals surface area contributed by atoms with Crippen molar-refractivity contribution in [2.45, 2.75) is 96.7 Å². The molecule has 224 valence electrons. The summed E-state index contributed by atoms with van der Waals surface area (Å²) in [5.74, 6) is -0.406. The van der Waals surface area contributed by atoms with E-state index in [0.717, 1.165) is 29.5 Å². The molecule has 4 nitrogen and oxygen atoms in total. The zero-order chi connectivity index (χ0) is 29.5. The summed E-state index contributed by atoms with van der Waals surface area (Å²) in [7, 11) is 0. The number of ether oxygens (including phenoxy) is 3. The number of benzene rings is 3. The fraction of sp³-hybridized carbons (Fsp3) is 0.395. The first-order valence-corrected chi connectivity index (χ1v) is 15.6. The van der Waals surface area contributed by atoms with Gasteiger partial charge in [0.05, 0.1) is 13.2 Å². The lowest BCUT2D eigenvalue weighted by Crippen LogP contribution is -2.29. The van der Waals surface area contributed by atoms with Crippen LogP contribution in [0.4, 0.5) is 0 Å². The van der Waals surface area contributed by atoms with Gasteiger partial charge < -0.3 is 14.2 Å². The van der Waals surface area contributed by atoms with Crippen LogP contribution >= 0.6 is 0 Å². The second-order valence-electron chi connectivity index (χ2n) is 10.7. The zero-order valence-electron chi connectivity index (χ0n) is 25.2. The first kappa shape index (κ1) is 33.0. The standard InChI is InChI=1S/C38H48O4/c1-2-3-4-5-6-7-8-9-10-20-27-36(40-30-33-21-14-11-15-22-33)37(41-31-34-23-16-12-17-24-34)28-29-38(39)42-32-35-25-18-13-19-26-35/h11-29,36-37H,2-10,30-32H2,1H3/b27-20+,29-28+/t36-,37-/m1/s1. The van der Waals surface area contributed by atoms with Gasteiger partial charge in [0.2, 0.25) is 0 Å². The van der Waals surface area contributed by atoms with Gasteiger partial charge in [-0.1, -0.05) is 155 Å². The highest BCUT2D eigenvalue weighted by atomic mass is 16.5. The summed E-state index contributed by atoms with van der Waals surface area (Å²) in [5, 5.41) is 0. The van der Waals surface area contributed by atoms with Gasteiger partial charge in [-0.2, -0.15) is 0 Å². The number of hydrogen-bond acceptors (Lipinski definition) is 4. The largest absolute Gasteiger partial charge is 0.458 e. The van der Waals surface area contributed by atoms with Gasteiger partial charge in [0.15, 0.2) is 0 Å². The van der Waals surface area contributed by atoms with Crippen LogP contribution in [0.15, 0.2) is 115 Å². The van der Waals surface area contributed by atoms with Gasteiger partial charge in [-0.15, -0.1) is 0 Å². The molecule has 42 heavy (non-hydrogen) atoms. The van der Waals surface area contributed by atoms with Gasteiger partial charge in [0.1, 0.15) is 18.8 Å². The minimum Gasteiger partial charge on any atom is -0.458 e.